The van der Waals surface area contributed by atoms with Gasteiger partial charge in [-0.15, -0.1) is 0 Å². The van der Waals surface area contributed by atoms with Gasteiger partial charge in [-0.05, 0) is 63.0 Å². The van der Waals surface area contributed by atoms with E-state index in [9.17, 15) is 18.0 Å². The van der Waals surface area contributed by atoms with Gasteiger partial charge in [-0.25, -0.2) is 4.98 Å². The average Bonchev–Trinajstić information content (AvgIpc) is 3.33. The summed E-state index contributed by atoms with van der Waals surface area (Å²) in [6.07, 6.45) is -2.95. The second kappa shape index (κ2) is 11.3. The summed E-state index contributed by atoms with van der Waals surface area (Å²) in [7, 11) is 0. The molecule has 1 aliphatic heterocycles. The highest BCUT2D eigenvalue weighted by molar-refractivity contribution is 7.19. The number of nitrogens with zero attached hydrogens (tertiary/aromatic N) is 2. The number of aromatic nitrogens is 1. The number of hydrogen-bond donors (Lipinski definition) is 1. The maximum atomic E-state index is 13.2. The lowest BCUT2D eigenvalue weighted by Gasteiger charge is -2.31. The van der Waals surface area contributed by atoms with Gasteiger partial charge in [-0.1, -0.05) is 83.1 Å². The summed E-state index contributed by atoms with van der Waals surface area (Å²) >= 11 is 1.48. The van der Waals surface area contributed by atoms with Gasteiger partial charge in [0.25, 0.3) is 0 Å². The van der Waals surface area contributed by atoms with Crippen molar-refractivity contribution in [3.8, 4) is 21.7 Å². The van der Waals surface area contributed by atoms with E-state index in [1.54, 1.807) is 0 Å². The molecule has 0 atom stereocenters. The van der Waals surface area contributed by atoms with Gasteiger partial charge < -0.3 is 5.32 Å². The maximum absolute atomic E-state index is 13.2. The fraction of sp³-hybridized carbons (Fsp3) is 0.290. The van der Waals surface area contributed by atoms with Crippen molar-refractivity contribution in [1.29, 1.82) is 0 Å². The molecule has 0 saturated carbocycles. The van der Waals surface area contributed by atoms with Gasteiger partial charge >= 0.3 is 6.18 Å². The molecule has 1 saturated heterocycles. The molecule has 0 unspecified atom stereocenters. The zero-order chi connectivity index (χ0) is 27.6. The highest BCUT2D eigenvalue weighted by Crippen LogP contribution is 2.39. The predicted octanol–water partition coefficient (Wildman–Crippen LogP) is 7.96. The molecule has 5 rings (SSSR count). The Labute approximate surface area is 230 Å². The van der Waals surface area contributed by atoms with Crippen molar-refractivity contribution in [2.75, 3.05) is 18.4 Å². The molecular formula is C31H30F3N3OS. The minimum atomic E-state index is -4.33. The maximum Gasteiger partial charge on any atom is 0.416 e. The quantitative estimate of drug-likeness (QED) is 0.265. The zero-order valence-electron chi connectivity index (χ0n) is 21.9. The molecule has 2 heterocycles. The topological polar surface area (TPSA) is 45.2 Å². The highest BCUT2D eigenvalue weighted by Gasteiger charge is 2.30. The number of halogens is 3. The summed E-state index contributed by atoms with van der Waals surface area (Å²) in [5.41, 5.74) is 5.46. The van der Waals surface area contributed by atoms with Crippen LogP contribution in [0.3, 0.4) is 0 Å². The smallest absolute Gasteiger partial charge is 0.302 e. The fourth-order valence-electron chi connectivity index (χ4n) is 4.80. The molecule has 202 valence electrons. The summed E-state index contributed by atoms with van der Waals surface area (Å²) in [6, 6.07) is 21.8. The van der Waals surface area contributed by atoms with Gasteiger partial charge in [0.05, 0.1) is 16.1 Å². The number of alkyl halides is 3. The molecule has 0 spiro atoms. The predicted molar refractivity (Wildman–Crippen MR) is 151 cm³/mol. The first-order chi connectivity index (χ1) is 18.7. The van der Waals surface area contributed by atoms with Crippen molar-refractivity contribution in [1.82, 2.24) is 9.88 Å². The van der Waals surface area contributed by atoms with Gasteiger partial charge in [-0.3, -0.25) is 9.69 Å². The number of rotatable bonds is 6. The van der Waals surface area contributed by atoms with Crippen molar-refractivity contribution >= 4 is 22.4 Å². The summed E-state index contributed by atoms with van der Waals surface area (Å²) < 4.78 is 38.5. The molecule has 39 heavy (non-hydrogen) atoms. The molecule has 1 fully saturated rings. The van der Waals surface area contributed by atoms with E-state index in [1.165, 1.54) is 34.6 Å². The van der Waals surface area contributed by atoms with Gasteiger partial charge in [0.1, 0.15) is 0 Å². The molecule has 3 aromatic carbocycles. The summed E-state index contributed by atoms with van der Waals surface area (Å²) in [6.45, 7) is 6.09. The Morgan fingerprint density at radius 2 is 1.46 bits per heavy atom. The molecule has 0 radical (unpaired) electrons. The third kappa shape index (κ3) is 6.57. The number of benzene rings is 3. The standard InChI is InChI=1S/C31H30F3N3OS/c1-20-3-9-23(10-4-20)27-28(24-11-5-21(2)6-12-24)39-30(35-27)36-29(38)25-15-17-37(18-16-25)19-22-7-13-26(14-8-22)31(32,33)34/h3-14,25H,15-19H2,1-2H3,(H,35,36,38). The lowest BCUT2D eigenvalue weighted by molar-refractivity contribution is -0.137. The van der Waals surface area contributed by atoms with Crippen LogP contribution in [0, 0.1) is 19.8 Å². The zero-order valence-corrected chi connectivity index (χ0v) is 22.7. The number of thiazole rings is 1. The van der Waals surface area contributed by atoms with Crippen LogP contribution in [0.25, 0.3) is 21.7 Å². The van der Waals surface area contributed by atoms with Crippen molar-refractivity contribution in [2.45, 2.75) is 39.4 Å². The van der Waals surface area contributed by atoms with Gasteiger partial charge in [0.15, 0.2) is 5.13 Å². The molecule has 0 aliphatic carbocycles. The SMILES string of the molecule is Cc1ccc(-c2nc(NC(=O)C3CCN(Cc4ccc(C(F)(F)F)cc4)CC3)sc2-c2ccc(C)cc2)cc1. The largest absolute Gasteiger partial charge is 0.416 e. The molecule has 1 N–H and O–H groups in total. The molecule has 1 aliphatic rings. The summed E-state index contributed by atoms with van der Waals surface area (Å²) in [5, 5.41) is 3.64. The Kier molecular flexibility index (Phi) is 7.86. The molecule has 1 aromatic heterocycles. The molecule has 4 nitrogen and oxygen atoms in total. The number of likely N-dealkylation sites (tertiary alicyclic amines) is 1. The monoisotopic (exact) mass is 549 g/mol. The second-order valence-corrected chi connectivity index (χ2v) is 11.2. The minimum absolute atomic E-state index is 0.0381. The molecular weight excluding hydrogens is 519 g/mol. The number of carbonyl (C=O) groups is 1. The van der Waals surface area contributed by atoms with Crippen LogP contribution >= 0.6 is 11.3 Å². The summed E-state index contributed by atoms with van der Waals surface area (Å²) in [4.78, 5) is 21.2. The van der Waals surface area contributed by atoms with Crippen LogP contribution in [0.2, 0.25) is 0 Å². The Morgan fingerprint density at radius 3 is 2.03 bits per heavy atom. The third-order valence-electron chi connectivity index (χ3n) is 7.14. The van der Waals surface area contributed by atoms with Crippen LogP contribution in [0.15, 0.2) is 72.8 Å². The van der Waals surface area contributed by atoms with Gasteiger partial charge in [0, 0.05) is 18.0 Å². The van der Waals surface area contributed by atoms with Gasteiger partial charge in [-0.2, -0.15) is 13.2 Å². The number of hydrogen-bond acceptors (Lipinski definition) is 4. The van der Waals surface area contributed by atoms with Crippen molar-refractivity contribution in [2.24, 2.45) is 5.92 Å². The van der Waals surface area contributed by atoms with Crippen LogP contribution < -0.4 is 5.32 Å². The number of nitrogens with one attached hydrogen (secondary N) is 1. The van der Waals surface area contributed by atoms with E-state index in [2.05, 4.69) is 65.7 Å². The number of amides is 1. The fourth-order valence-corrected chi connectivity index (χ4v) is 5.80. The van der Waals surface area contributed by atoms with E-state index in [0.717, 1.165) is 39.4 Å². The highest BCUT2D eigenvalue weighted by atomic mass is 32.1. The number of piperidine rings is 1. The first kappa shape index (κ1) is 27.1. The van der Waals surface area contributed by atoms with Crippen LogP contribution in [0.5, 0.6) is 0 Å². The van der Waals surface area contributed by atoms with E-state index in [1.807, 2.05) is 6.92 Å². The molecule has 4 aromatic rings. The van der Waals surface area contributed by atoms with Crippen LogP contribution in [-0.4, -0.2) is 28.9 Å². The Morgan fingerprint density at radius 1 is 0.897 bits per heavy atom. The van der Waals surface area contributed by atoms with E-state index < -0.39 is 11.7 Å². The lowest BCUT2D eigenvalue weighted by Crippen LogP contribution is -2.37. The van der Waals surface area contributed by atoms with Gasteiger partial charge in [0.2, 0.25) is 5.91 Å². The van der Waals surface area contributed by atoms with E-state index >= 15 is 0 Å². The minimum Gasteiger partial charge on any atom is -0.302 e. The van der Waals surface area contributed by atoms with E-state index in [4.69, 9.17) is 4.98 Å². The Bertz CT molecular complexity index is 1360. The van der Waals surface area contributed by atoms with E-state index in [-0.39, 0.29) is 11.8 Å². The van der Waals surface area contributed by atoms with Crippen LogP contribution in [0.1, 0.15) is 35.1 Å². The van der Waals surface area contributed by atoms with Crippen LogP contribution in [0.4, 0.5) is 18.3 Å². The van der Waals surface area contributed by atoms with Crippen molar-refractivity contribution < 1.29 is 18.0 Å². The first-order valence-electron chi connectivity index (χ1n) is 13.0. The second-order valence-electron chi connectivity index (χ2n) is 10.2. The molecule has 1 amide bonds. The lowest BCUT2D eigenvalue weighted by atomic mass is 9.95. The van der Waals surface area contributed by atoms with Crippen LogP contribution in [-0.2, 0) is 17.5 Å². The normalized spacial score (nSPS) is 14.9. The Balaban J connectivity index is 1.24. The number of aryl methyl sites for hydroxylation is 2. The van der Waals surface area contributed by atoms with Crippen molar-refractivity contribution in [3.63, 3.8) is 0 Å². The summed E-state index contributed by atoms with van der Waals surface area (Å²) in [5.74, 6) is -0.174. The first-order valence-corrected chi connectivity index (χ1v) is 13.8. The number of anilines is 1. The average molecular weight is 550 g/mol. The third-order valence-corrected chi connectivity index (χ3v) is 8.16. The Hall–Kier alpha value is -3.49. The number of carbonyl (C=O) groups excluding carboxylic acids is 1. The molecule has 8 heteroatoms. The van der Waals surface area contributed by atoms with E-state index in [0.29, 0.717) is 37.6 Å². The van der Waals surface area contributed by atoms with Crippen molar-refractivity contribution in [3.05, 3.63) is 95.1 Å². The molecule has 0 bridgehead atoms.